The molecule has 23 heavy (non-hydrogen) atoms. The maximum Gasteiger partial charge on any atom is 0.0494 e. The number of hydrogen-bond acceptors (Lipinski definition) is 2. The summed E-state index contributed by atoms with van der Waals surface area (Å²) < 4.78 is 2.50. The predicted molar refractivity (Wildman–Crippen MR) is 94.7 cm³/mol. The van der Waals surface area contributed by atoms with Crippen molar-refractivity contribution in [3.05, 3.63) is 65.1 Å². The monoisotopic (exact) mass is 305 g/mol. The highest BCUT2D eigenvalue weighted by atomic mass is 15.1. The van der Waals surface area contributed by atoms with Crippen LogP contribution in [-0.2, 0) is 19.5 Å². The van der Waals surface area contributed by atoms with Crippen LogP contribution in [0.3, 0.4) is 0 Å². The summed E-state index contributed by atoms with van der Waals surface area (Å²) in [6, 6.07) is 13.1. The predicted octanol–water partition coefficient (Wildman–Crippen LogP) is 3.77. The maximum atomic E-state index is 4.46. The van der Waals surface area contributed by atoms with Gasteiger partial charge in [0.1, 0.15) is 0 Å². The Morgan fingerprint density at radius 3 is 2.78 bits per heavy atom. The van der Waals surface area contributed by atoms with Gasteiger partial charge in [-0.3, -0.25) is 9.88 Å². The molecule has 118 valence electrons. The van der Waals surface area contributed by atoms with Gasteiger partial charge in [-0.05, 0) is 36.7 Å². The summed E-state index contributed by atoms with van der Waals surface area (Å²) in [7, 11) is 0. The summed E-state index contributed by atoms with van der Waals surface area (Å²) in [4.78, 5) is 6.99. The highest BCUT2D eigenvalue weighted by molar-refractivity contribution is 5.86. The van der Waals surface area contributed by atoms with Gasteiger partial charge in [-0.25, -0.2) is 0 Å². The fourth-order valence-corrected chi connectivity index (χ4v) is 3.68. The largest absolute Gasteiger partial charge is 0.340 e. The minimum absolute atomic E-state index is 0.912. The van der Waals surface area contributed by atoms with E-state index in [4.69, 9.17) is 0 Å². The minimum Gasteiger partial charge on any atom is -0.340 e. The van der Waals surface area contributed by atoms with Crippen LogP contribution in [0.5, 0.6) is 0 Å². The lowest BCUT2D eigenvalue weighted by atomic mass is 10.0. The average molecular weight is 305 g/mol. The van der Waals surface area contributed by atoms with E-state index in [-0.39, 0.29) is 0 Å². The molecule has 1 aliphatic rings. The number of nitrogens with zero attached hydrogens (tertiary/aromatic N) is 3. The number of likely N-dealkylation sites (N-methyl/N-ethyl adjacent to an activating group) is 1. The third-order valence-corrected chi connectivity index (χ3v) is 5.00. The molecule has 2 aromatic heterocycles. The molecule has 0 fully saturated rings. The van der Waals surface area contributed by atoms with Gasteiger partial charge >= 0.3 is 0 Å². The van der Waals surface area contributed by atoms with Crippen LogP contribution in [0.1, 0.15) is 29.4 Å². The van der Waals surface area contributed by atoms with Crippen molar-refractivity contribution < 1.29 is 0 Å². The SMILES string of the molecule is CCN1CCc2c(c3ccccc3n2Cc2ccc(C)nc2)C1. The van der Waals surface area contributed by atoms with Gasteiger partial charge in [0.15, 0.2) is 0 Å². The molecule has 3 nitrogen and oxygen atoms in total. The summed E-state index contributed by atoms with van der Waals surface area (Å²) >= 11 is 0. The molecule has 0 aliphatic carbocycles. The van der Waals surface area contributed by atoms with Crippen LogP contribution in [-0.4, -0.2) is 27.5 Å². The van der Waals surface area contributed by atoms with Crippen LogP contribution in [0.15, 0.2) is 42.6 Å². The van der Waals surface area contributed by atoms with Crippen molar-refractivity contribution in [2.45, 2.75) is 33.4 Å². The van der Waals surface area contributed by atoms with E-state index in [1.807, 2.05) is 13.1 Å². The molecule has 0 atom stereocenters. The normalized spacial score (nSPS) is 15.0. The molecule has 0 saturated carbocycles. The smallest absolute Gasteiger partial charge is 0.0494 e. The van der Waals surface area contributed by atoms with Gasteiger partial charge in [-0.1, -0.05) is 31.2 Å². The standard InChI is InChI=1S/C20H23N3/c1-3-22-11-10-20-18(14-22)17-6-4-5-7-19(17)23(20)13-16-9-8-15(2)21-12-16/h4-9,12H,3,10-11,13-14H2,1-2H3. The van der Waals surface area contributed by atoms with Crippen molar-refractivity contribution >= 4 is 10.9 Å². The van der Waals surface area contributed by atoms with Crippen LogP contribution < -0.4 is 0 Å². The van der Waals surface area contributed by atoms with Gasteiger partial charge < -0.3 is 4.57 Å². The lowest BCUT2D eigenvalue weighted by Gasteiger charge is -2.27. The van der Waals surface area contributed by atoms with E-state index in [0.29, 0.717) is 0 Å². The Morgan fingerprint density at radius 1 is 1.13 bits per heavy atom. The third-order valence-electron chi connectivity index (χ3n) is 5.00. The van der Waals surface area contributed by atoms with Crippen LogP contribution >= 0.6 is 0 Å². The van der Waals surface area contributed by atoms with Crippen molar-refractivity contribution in [2.75, 3.05) is 13.1 Å². The molecule has 3 heteroatoms. The molecule has 1 aliphatic heterocycles. The summed E-state index contributed by atoms with van der Waals surface area (Å²) in [5.41, 5.74) is 6.74. The van der Waals surface area contributed by atoms with Crippen molar-refractivity contribution in [1.29, 1.82) is 0 Å². The topological polar surface area (TPSA) is 21.1 Å². The molecule has 1 aromatic carbocycles. The van der Waals surface area contributed by atoms with Gasteiger partial charge in [-0.15, -0.1) is 0 Å². The first-order valence-corrected chi connectivity index (χ1v) is 8.49. The molecule has 0 amide bonds. The van der Waals surface area contributed by atoms with Crippen LogP contribution in [0.25, 0.3) is 10.9 Å². The Kier molecular flexibility index (Phi) is 3.66. The van der Waals surface area contributed by atoms with E-state index in [1.54, 1.807) is 0 Å². The first-order chi connectivity index (χ1) is 11.3. The van der Waals surface area contributed by atoms with Gasteiger partial charge in [0.05, 0.1) is 0 Å². The lowest BCUT2D eigenvalue weighted by Crippen LogP contribution is -2.30. The van der Waals surface area contributed by atoms with E-state index >= 15 is 0 Å². The number of pyridine rings is 1. The number of para-hydroxylation sites is 1. The van der Waals surface area contributed by atoms with Gasteiger partial charge in [-0.2, -0.15) is 0 Å². The second kappa shape index (κ2) is 5.82. The molecule has 0 unspecified atom stereocenters. The first-order valence-electron chi connectivity index (χ1n) is 8.49. The molecular weight excluding hydrogens is 282 g/mol. The van der Waals surface area contributed by atoms with E-state index in [1.165, 1.54) is 27.7 Å². The number of aromatic nitrogens is 2. The van der Waals surface area contributed by atoms with E-state index < -0.39 is 0 Å². The maximum absolute atomic E-state index is 4.46. The highest BCUT2D eigenvalue weighted by Crippen LogP contribution is 2.31. The number of rotatable bonds is 3. The fraction of sp³-hybridized carbons (Fsp3) is 0.350. The zero-order valence-electron chi connectivity index (χ0n) is 13.9. The number of aryl methyl sites for hydroxylation is 1. The highest BCUT2D eigenvalue weighted by Gasteiger charge is 2.23. The molecule has 0 saturated heterocycles. The van der Waals surface area contributed by atoms with Crippen LogP contribution in [0.4, 0.5) is 0 Å². The Hall–Kier alpha value is -2.13. The molecule has 3 heterocycles. The van der Waals surface area contributed by atoms with Crippen molar-refractivity contribution in [3.63, 3.8) is 0 Å². The molecule has 3 aromatic rings. The first kappa shape index (κ1) is 14.5. The molecule has 4 rings (SSSR count). The molecule has 0 bridgehead atoms. The number of hydrogen-bond donors (Lipinski definition) is 0. The Labute approximate surface area is 137 Å². The molecule has 0 N–H and O–H groups in total. The van der Waals surface area contributed by atoms with Gasteiger partial charge in [0.25, 0.3) is 0 Å². The number of benzene rings is 1. The van der Waals surface area contributed by atoms with Crippen molar-refractivity contribution in [1.82, 2.24) is 14.5 Å². The van der Waals surface area contributed by atoms with Crippen molar-refractivity contribution in [2.24, 2.45) is 0 Å². The zero-order valence-corrected chi connectivity index (χ0v) is 13.9. The minimum atomic E-state index is 0.912. The van der Waals surface area contributed by atoms with Crippen molar-refractivity contribution in [3.8, 4) is 0 Å². The second-order valence-corrected chi connectivity index (χ2v) is 6.46. The van der Waals surface area contributed by atoms with E-state index in [2.05, 4.69) is 57.8 Å². The summed E-state index contributed by atoms with van der Waals surface area (Å²) in [5, 5.41) is 1.42. The van der Waals surface area contributed by atoms with Crippen LogP contribution in [0.2, 0.25) is 0 Å². The Bertz CT molecular complexity index is 830. The lowest BCUT2D eigenvalue weighted by molar-refractivity contribution is 0.266. The van der Waals surface area contributed by atoms with E-state index in [0.717, 1.165) is 38.3 Å². The molecule has 0 radical (unpaired) electrons. The Morgan fingerprint density at radius 2 is 2.00 bits per heavy atom. The third kappa shape index (κ3) is 2.55. The van der Waals surface area contributed by atoms with E-state index in [9.17, 15) is 0 Å². The van der Waals surface area contributed by atoms with Crippen LogP contribution in [0, 0.1) is 6.92 Å². The molecular formula is C20H23N3. The quantitative estimate of drug-likeness (QED) is 0.734. The van der Waals surface area contributed by atoms with Gasteiger partial charge in [0, 0.05) is 54.5 Å². The average Bonchev–Trinajstić information content (AvgIpc) is 2.90. The summed E-state index contributed by atoms with van der Waals surface area (Å²) in [6.07, 6.45) is 3.15. The molecule has 0 spiro atoms. The fourth-order valence-electron chi connectivity index (χ4n) is 3.68. The summed E-state index contributed by atoms with van der Waals surface area (Å²) in [5.74, 6) is 0. The second-order valence-electron chi connectivity index (χ2n) is 6.46. The number of fused-ring (bicyclic) bond motifs is 3. The zero-order chi connectivity index (χ0) is 15.8. The Balaban J connectivity index is 1.81. The summed E-state index contributed by atoms with van der Waals surface area (Å²) in [6.45, 7) is 8.56. The van der Waals surface area contributed by atoms with Gasteiger partial charge in [0.2, 0.25) is 0 Å².